The second-order valence-corrected chi connectivity index (χ2v) is 16.1. The molecular weight excluding hydrogens is 686 g/mol. The number of nitrogens with zero attached hydrogens (tertiary/aromatic N) is 2. The van der Waals surface area contributed by atoms with Crippen LogP contribution in [0.15, 0.2) is 53.7 Å². The molecule has 0 aromatic heterocycles. The van der Waals surface area contributed by atoms with Gasteiger partial charge in [0.2, 0.25) is 23.5 Å². The van der Waals surface area contributed by atoms with E-state index in [9.17, 15) is 24.0 Å². The van der Waals surface area contributed by atoms with Gasteiger partial charge in [-0.25, -0.2) is 0 Å². The maximum atomic E-state index is 14.7. The second kappa shape index (κ2) is 14.9. The zero-order chi connectivity index (χ0) is 37.4. The fraction of sp³-hybridized carbons (Fsp3) is 0.538. The van der Waals surface area contributed by atoms with Gasteiger partial charge in [0, 0.05) is 35.4 Å². The van der Waals surface area contributed by atoms with E-state index in [2.05, 4.69) is 21.1 Å². The molecule has 12 nitrogen and oxygen atoms in total. The number of benzene rings is 2. The molecule has 2 saturated carbocycles. The average Bonchev–Trinajstić information content (AvgIpc) is 4.04. The van der Waals surface area contributed by atoms with Crippen molar-refractivity contribution in [2.45, 2.75) is 108 Å². The van der Waals surface area contributed by atoms with Crippen molar-refractivity contribution in [3.8, 4) is 5.75 Å². The molecule has 2 heterocycles. The van der Waals surface area contributed by atoms with Gasteiger partial charge in [-0.3, -0.25) is 24.0 Å². The molecule has 2 aromatic carbocycles. The number of methoxy groups -OCH3 is 1. The van der Waals surface area contributed by atoms with Crippen molar-refractivity contribution in [2.75, 3.05) is 13.7 Å². The quantitative estimate of drug-likeness (QED) is 0.260. The number of ether oxygens (including phenoxy) is 1. The smallest absolute Gasteiger partial charge is 0.289 e. The topological polar surface area (TPSA) is 156 Å². The second-order valence-electron chi connectivity index (χ2n) is 15.6. The molecule has 13 heteroatoms. The van der Waals surface area contributed by atoms with Crippen molar-refractivity contribution in [3.05, 3.63) is 64.7 Å². The molecule has 1 spiro atoms. The average molecular weight is 734 g/mol. The zero-order valence-corrected chi connectivity index (χ0v) is 31.1. The van der Waals surface area contributed by atoms with Crippen LogP contribution in [-0.4, -0.2) is 83.4 Å². The van der Waals surface area contributed by atoms with E-state index in [0.717, 1.165) is 18.4 Å². The molecule has 6 atom stereocenters. The molecular formula is C39H48ClN5O7. The Labute approximate surface area is 309 Å². The summed E-state index contributed by atoms with van der Waals surface area (Å²) in [4.78, 5) is 76.2. The number of halogens is 1. The third kappa shape index (κ3) is 8.11. The number of rotatable bonds is 13. The highest BCUT2D eigenvalue weighted by molar-refractivity contribution is 6.38. The summed E-state index contributed by atoms with van der Waals surface area (Å²) in [5, 5.41) is 13.4. The summed E-state index contributed by atoms with van der Waals surface area (Å²) in [6.45, 7) is 7.45. The lowest BCUT2D eigenvalue weighted by atomic mass is 9.85. The number of carbonyl (C=O) groups excluding carboxylic acids is 5. The zero-order valence-electron chi connectivity index (χ0n) is 30.4. The minimum absolute atomic E-state index is 0.00707. The molecule has 2 aliphatic heterocycles. The fourth-order valence-electron chi connectivity index (χ4n) is 7.26. The largest absolute Gasteiger partial charge is 0.496 e. The lowest BCUT2D eigenvalue weighted by Gasteiger charge is -2.35. The van der Waals surface area contributed by atoms with E-state index in [1.165, 1.54) is 4.90 Å². The van der Waals surface area contributed by atoms with E-state index >= 15 is 0 Å². The van der Waals surface area contributed by atoms with Gasteiger partial charge in [-0.15, -0.1) is 0 Å². The van der Waals surface area contributed by atoms with Gasteiger partial charge in [0.25, 0.3) is 5.91 Å². The standard InChI is InChI=1S/C39H48ClN5O7/c1-6-10-28(32(46)36(49)41-24-14-15-24)42-35(48)30-20-39(19-29(44-52-39)27-17-23(40)13-16-31(27)51-5)21-45(30)37(50)33(38(2,3)4)43-34(47)26-18-25(26)22-11-8-7-9-12-22/h7-9,11-13,16-17,24-26,28,30,33H,6,10,14-15,18-21H2,1-5H3,(H,41,49)(H,42,48)(H,43,47)/t25-,26+,28-,30-,33+,39+/m0/s1. The van der Waals surface area contributed by atoms with Crippen LogP contribution in [0.5, 0.6) is 5.75 Å². The first-order valence-corrected chi connectivity index (χ1v) is 18.5. The van der Waals surface area contributed by atoms with Crippen LogP contribution in [0.25, 0.3) is 0 Å². The van der Waals surface area contributed by atoms with Crippen molar-refractivity contribution in [3.63, 3.8) is 0 Å². The summed E-state index contributed by atoms with van der Waals surface area (Å²) in [7, 11) is 1.54. The summed E-state index contributed by atoms with van der Waals surface area (Å²) >= 11 is 6.33. The number of hydrogen-bond donors (Lipinski definition) is 3. The third-order valence-electron chi connectivity index (χ3n) is 10.4. The van der Waals surface area contributed by atoms with E-state index in [0.29, 0.717) is 34.9 Å². The number of nitrogens with one attached hydrogen (secondary N) is 3. The summed E-state index contributed by atoms with van der Waals surface area (Å²) in [6.07, 6.45) is 3.40. The first-order valence-electron chi connectivity index (χ1n) is 18.1. The summed E-state index contributed by atoms with van der Waals surface area (Å²) in [5.74, 6) is -2.36. The summed E-state index contributed by atoms with van der Waals surface area (Å²) in [5.41, 5.74) is 0.436. The SMILES string of the molecule is CCC[C@H](NC(=O)[C@@H]1C[C@]2(CC(c3cc(Cl)ccc3OC)=NO2)CN1C(=O)[C@@H](NC(=O)[C@@H]1C[C@H]1c1ccccc1)C(C)(C)C)C(=O)C(=O)NC1CC1. The number of amides is 4. The van der Waals surface area contributed by atoms with E-state index in [-0.39, 0.29) is 49.6 Å². The van der Waals surface area contributed by atoms with Gasteiger partial charge in [-0.05, 0) is 60.8 Å². The minimum atomic E-state index is -1.09. The van der Waals surface area contributed by atoms with Gasteiger partial charge in [0.15, 0.2) is 5.60 Å². The molecule has 1 saturated heterocycles. The predicted molar refractivity (Wildman–Crippen MR) is 195 cm³/mol. The number of ketones is 1. The number of likely N-dealkylation sites (tertiary alicyclic amines) is 1. The van der Waals surface area contributed by atoms with E-state index < -0.39 is 52.6 Å². The highest BCUT2D eigenvalue weighted by atomic mass is 35.5. The first-order chi connectivity index (χ1) is 24.7. The van der Waals surface area contributed by atoms with Crippen LogP contribution in [0.1, 0.15) is 89.7 Å². The van der Waals surface area contributed by atoms with Crippen molar-refractivity contribution < 1.29 is 33.5 Å². The molecule has 4 amide bonds. The van der Waals surface area contributed by atoms with Gasteiger partial charge in [-0.1, -0.05) is 81.2 Å². The van der Waals surface area contributed by atoms with Crippen LogP contribution in [0, 0.1) is 11.3 Å². The van der Waals surface area contributed by atoms with Crippen LogP contribution >= 0.6 is 11.6 Å². The Kier molecular flexibility index (Phi) is 10.7. The summed E-state index contributed by atoms with van der Waals surface area (Å²) in [6, 6.07) is 11.8. The van der Waals surface area contributed by atoms with Crippen molar-refractivity contribution >= 4 is 46.7 Å². The molecule has 278 valence electrons. The molecule has 2 aliphatic carbocycles. The third-order valence-corrected chi connectivity index (χ3v) is 10.6. The Morgan fingerprint density at radius 3 is 2.44 bits per heavy atom. The van der Waals surface area contributed by atoms with Gasteiger partial charge >= 0.3 is 0 Å². The monoisotopic (exact) mass is 733 g/mol. The number of Topliss-reactive ketones (excluding diaryl/α,β-unsaturated/α-hetero) is 1. The lowest BCUT2D eigenvalue weighted by Crippen LogP contribution is -2.59. The molecule has 0 unspecified atom stereocenters. The number of hydrogen-bond acceptors (Lipinski definition) is 8. The lowest BCUT2D eigenvalue weighted by molar-refractivity contribution is -0.145. The number of carbonyl (C=O) groups is 5. The molecule has 3 N–H and O–H groups in total. The van der Waals surface area contributed by atoms with Crippen LogP contribution in [-0.2, 0) is 28.8 Å². The van der Waals surface area contributed by atoms with Gasteiger partial charge in [0.1, 0.15) is 17.8 Å². The summed E-state index contributed by atoms with van der Waals surface area (Å²) < 4.78 is 5.56. The molecule has 3 fully saturated rings. The van der Waals surface area contributed by atoms with Crippen molar-refractivity contribution in [2.24, 2.45) is 16.5 Å². The van der Waals surface area contributed by atoms with E-state index in [1.54, 1.807) is 25.3 Å². The first kappa shape index (κ1) is 37.3. The van der Waals surface area contributed by atoms with Gasteiger partial charge in [0.05, 0.1) is 25.4 Å². The van der Waals surface area contributed by atoms with Crippen molar-refractivity contribution in [1.82, 2.24) is 20.9 Å². The van der Waals surface area contributed by atoms with Gasteiger partial charge < -0.3 is 30.4 Å². The Balaban J connectivity index is 1.26. The fourth-order valence-corrected chi connectivity index (χ4v) is 7.44. The van der Waals surface area contributed by atoms with Crippen LogP contribution in [0.4, 0.5) is 0 Å². The molecule has 4 aliphatic rings. The number of oxime groups is 1. The highest BCUT2D eigenvalue weighted by Gasteiger charge is 2.56. The Hall–Kier alpha value is -4.45. The molecule has 2 aromatic rings. The normalized spacial score (nSPS) is 24.7. The highest BCUT2D eigenvalue weighted by Crippen LogP contribution is 2.48. The van der Waals surface area contributed by atoms with E-state index in [1.807, 2.05) is 58.0 Å². The van der Waals surface area contributed by atoms with Crippen molar-refractivity contribution in [1.29, 1.82) is 0 Å². The van der Waals surface area contributed by atoms with Gasteiger partial charge in [-0.2, -0.15) is 0 Å². The maximum Gasteiger partial charge on any atom is 0.289 e. The molecule has 52 heavy (non-hydrogen) atoms. The molecule has 0 radical (unpaired) electrons. The molecule has 6 rings (SSSR count). The minimum Gasteiger partial charge on any atom is -0.496 e. The Morgan fingerprint density at radius 1 is 1.06 bits per heavy atom. The Bertz CT molecular complexity index is 1760. The maximum absolute atomic E-state index is 14.7. The predicted octanol–water partition coefficient (Wildman–Crippen LogP) is 4.28. The van der Waals surface area contributed by atoms with Crippen LogP contribution in [0.3, 0.4) is 0 Å². The van der Waals surface area contributed by atoms with Crippen LogP contribution < -0.4 is 20.7 Å². The van der Waals surface area contributed by atoms with Crippen LogP contribution in [0.2, 0.25) is 5.02 Å². The Morgan fingerprint density at radius 2 is 1.79 bits per heavy atom. The van der Waals surface area contributed by atoms with E-state index in [4.69, 9.17) is 21.2 Å². The molecule has 0 bridgehead atoms.